The number of rotatable bonds is 6. The van der Waals surface area contributed by atoms with E-state index in [-0.39, 0.29) is 46.1 Å². The van der Waals surface area contributed by atoms with Crippen LogP contribution in [0, 0.1) is 48.5 Å². The van der Waals surface area contributed by atoms with Crippen LogP contribution in [0.5, 0.6) is 0 Å². The molecule has 0 atom stereocenters. The van der Waals surface area contributed by atoms with Crippen LogP contribution in [-0.2, 0) is 31.3 Å². The summed E-state index contributed by atoms with van der Waals surface area (Å²) in [6.45, 7) is 15.9. The fourth-order valence-corrected chi connectivity index (χ4v) is 7.09. The Kier molecular flexibility index (Phi) is 10.7. The van der Waals surface area contributed by atoms with Crippen molar-refractivity contribution in [2.24, 2.45) is 5.92 Å². The van der Waals surface area contributed by atoms with E-state index in [4.69, 9.17) is 0 Å². The number of hydrogen-bond acceptors (Lipinski definition) is 0. The first-order chi connectivity index (χ1) is 19.1. The summed E-state index contributed by atoms with van der Waals surface area (Å²) in [4.78, 5) is 0. The fraction of sp³-hybridized carbons (Fsp3) is 0.238. The molecule has 6 rings (SSSR count). The van der Waals surface area contributed by atoms with Crippen LogP contribution in [0.2, 0.25) is 0 Å². The molecular formula is C42H46Hf. The van der Waals surface area contributed by atoms with Crippen LogP contribution in [-0.4, -0.2) is 0 Å². The summed E-state index contributed by atoms with van der Waals surface area (Å²) in [5.41, 5.74) is 13.3. The second-order valence-electron chi connectivity index (χ2n) is 12.8. The van der Waals surface area contributed by atoms with Gasteiger partial charge in [0.15, 0.2) is 0 Å². The minimum Gasteiger partial charge on any atom is -0.358 e. The van der Waals surface area contributed by atoms with Gasteiger partial charge in [-0.15, -0.1) is 69.1 Å². The molecule has 1 heteroatoms. The molecule has 0 nitrogen and oxygen atoms in total. The summed E-state index contributed by atoms with van der Waals surface area (Å²) in [7, 11) is 0. The second kappa shape index (κ2) is 13.3. The van der Waals surface area contributed by atoms with E-state index in [0.717, 1.165) is 6.42 Å². The van der Waals surface area contributed by atoms with Gasteiger partial charge >= 0.3 is 25.8 Å². The standard InChI is InChI=1S/C40H40.2CH3.Hf/c1-25(2)24-40(7,34-20-30-10-8-12-36(38(30)22-34)32-16-26(3)14-27(4)17-32)35-21-31-11-9-13-37(39(31)23-35)33-18-28(5)15-29(6)19-33;;;/h8-23,25H,24H2,1-7H3;2*1H3;/q-2;2*-1;+4. The topological polar surface area (TPSA) is 0 Å². The van der Waals surface area contributed by atoms with Gasteiger partial charge in [-0.3, -0.25) is 0 Å². The quantitative estimate of drug-likeness (QED) is 0.118. The number of benzene rings is 4. The molecular weight excluding hydrogens is 683 g/mol. The van der Waals surface area contributed by atoms with Crippen molar-refractivity contribution in [2.75, 3.05) is 0 Å². The largest absolute Gasteiger partial charge is 4.00 e. The average Bonchev–Trinajstić information content (AvgIpc) is 3.52. The van der Waals surface area contributed by atoms with Gasteiger partial charge in [0.2, 0.25) is 0 Å². The van der Waals surface area contributed by atoms with Crippen molar-refractivity contribution in [1.29, 1.82) is 0 Å². The number of hydrogen-bond donors (Lipinski definition) is 0. The first-order valence-electron chi connectivity index (χ1n) is 14.7. The number of aryl methyl sites for hydroxylation is 4. The van der Waals surface area contributed by atoms with Crippen molar-refractivity contribution in [3.05, 3.63) is 145 Å². The van der Waals surface area contributed by atoms with Crippen molar-refractivity contribution in [3.8, 4) is 22.3 Å². The third kappa shape index (κ3) is 6.58. The molecule has 0 spiro atoms. The zero-order chi connectivity index (χ0) is 28.2. The molecule has 0 aliphatic heterocycles. The smallest absolute Gasteiger partial charge is 0.358 e. The van der Waals surface area contributed by atoms with Gasteiger partial charge in [-0.1, -0.05) is 103 Å². The van der Waals surface area contributed by atoms with Crippen molar-refractivity contribution in [2.45, 2.75) is 60.3 Å². The maximum Gasteiger partial charge on any atom is 4.00 e. The first-order valence-corrected chi connectivity index (χ1v) is 14.7. The molecule has 0 saturated heterocycles. The Morgan fingerprint density at radius 2 is 0.953 bits per heavy atom. The molecule has 0 amide bonds. The Labute approximate surface area is 279 Å². The van der Waals surface area contributed by atoms with Crippen LogP contribution < -0.4 is 0 Å². The van der Waals surface area contributed by atoms with Crippen LogP contribution >= 0.6 is 0 Å². The van der Waals surface area contributed by atoms with E-state index in [2.05, 4.69) is 146 Å². The molecule has 0 aromatic heterocycles. The third-order valence-corrected chi connectivity index (χ3v) is 8.66. The van der Waals surface area contributed by atoms with Crippen LogP contribution in [0.1, 0.15) is 60.6 Å². The molecule has 0 saturated carbocycles. The molecule has 43 heavy (non-hydrogen) atoms. The van der Waals surface area contributed by atoms with Gasteiger partial charge in [0, 0.05) is 0 Å². The van der Waals surface area contributed by atoms with Gasteiger partial charge in [0.25, 0.3) is 0 Å². The van der Waals surface area contributed by atoms with Gasteiger partial charge in [-0.05, 0) is 56.6 Å². The molecule has 6 aromatic rings. The maximum absolute atomic E-state index is 2.48. The molecule has 6 aromatic carbocycles. The zero-order valence-corrected chi connectivity index (χ0v) is 31.1. The van der Waals surface area contributed by atoms with E-state index in [1.807, 2.05) is 0 Å². The molecule has 0 aliphatic rings. The molecule has 218 valence electrons. The Morgan fingerprint density at radius 1 is 0.581 bits per heavy atom. The van der Waals surface area contributed by atoms with Crippen LogP contribution in [0.4, 0.5) is 0 Å². The minimum atomic E-state index is -0.0915. The van der Waals surface area contributed by atoms with E-state index < -0.39 is 0 Å². The Hall–Kier alpha value is -3.03. The summed E-state index contributed by atoms with van der Waals surface area (Å²) < 4.78 is 0. The first kappa shape index (κ1) is 34.5. The minimum absolute atomic E-state index is 0. The molecule has 0 radical (unpaired) electrons. The van der Waals surface area contributed by atoms with Crippen molar-refractivity contribution in [1.82, 2.24) is 0 Å². The zero-order valence-electron chi connectivity index (χ0n) is 27.5. The normalized spacial score (nSPS) is 11.3. The Morgan fingerprint density at radius 3 is 1.30 bits per heavy atom. The van der Waals surface area contributed by atoms with Gasteiger partial charge in [-0.2, -0.15) is 12.1 Å². The van der Waals surface area contributed by atoms with Gasteiger partial charge in [0.05, 0.1) is 0 Å². The maximum atomic E-state index is 2.48. The van der Waals surface area contributed by atoms with Gasteiger partial charge in [-0.25, -0.2) is 0 Å². The summed E-state index contributed by atoms with van der Waals surface area (Å²) in [5.74, 6) is 0.568. The molecule has 0 N–H and O–H groups in total. The molecule has 0 unspecified atom stereocenters. The fourth-order valence-electron chi connectivity index (χ4n) is 7.09. The summed E-state index contributed by atoms with van der Waals surface area (Å²) in [6, 6.07) is 37.2. The van der Waals surface area contributed by atoms with Gasteiger partial charge < -0.3 is 14.9 Å². The van der Waals surface area contributed by atoms with Crippen LogP contribution in [0.25, 0.3) is 43.8 Å². The Balaban J connectivity index is 0.00000169. The van der Waals surface area contributed by atoms with E-state index in [9.17, 15) is 0 Å². The third-order valence-electron chi connectivity index (χ3n) is 8.66. The summed E-state index contributed by atoms with van der Waals surface area (Å²) in [6.07, 6.45) is 1.09. The monoisotopic (exact) mass is 730 g/mol. The van der Waals surface area contributed by atoms with Crippen molar-refractivity contribution in [3.63, 3.8) is 0 Å². The molecule has 0 fully saturated rings. The molecule has 0 aliphatic carbocycles. The van der Waals surface area contributed by atoms with Crippen molar-refractivity contribution < 1.29 is 25.8 Å². The average molecular weight is 729 g/mol. The predicted molar refractivity (Wildman–Crippen MR) is 188 cm³/mol. The molecule has 0 bridgehead atoms. The number of fused-ring (bicyclic) bond motifs is 2. The SMILES string of the molecule is Cc1cc(C)cc(-c2cccc3[cH-]c(C(C)(CC(C)C)c4cc5c(-c6cc(C)cc(C)c6)cccc5[cH-]4)cc23)c1.[CH3-].[CH3-].[Hf+4]. The Bertz CT molecular complexity index is 1690. The summed E-state index contributed by atoms with van der Waals surface area (Å²) >= 11 is 0. The van der Waals surface area contributed by atoms with Crippen LogP contribution in [0.3, 0.4) is 0 Å². The molecule has 0 heterocycles. The summed E-state index contributed by atoms with van der Waals surface area (Å²) in [5, 5.41) is 5.36. The second-order valence-corrected chi connectivity index (χ2v) is 12.8. The predicted octanol–water partition coefficient (Wildman–Crippen LogP) is 12.2. The van der Waals surface area contributed by atoms with Crippen LogP contribution in [0.15, 0.2) is 97.1 Å². The van der Waals surface area contributed by atoms with E-state index in [1.54, 1.807) is 0 Å². The van der Waals surface area contributed by atoms with E-state index >= 15 is 0 Å². The van der Waals surface area contributed by atoms with Gasteiger partial charge in [0.1, 0.15) is 0 Å². The van der Waals surface area contributed by atoms with E-state index in [1.165, 1.54) is 77.2 Å². The van der Waals surface area contributed by atoms with E-state index in [0.29, 0.717) is 5.92 Å². The van der Waals surface area contributed by atoms with Crippen molar-refractivity contribution >= 4 is 21.5 Å².